The molecule has 0 unspecified atom stereocenters. The molecule has 0 amide bonds. The number of aromatic nitrogens is 2. The Kier molecular flexibility index (Phi) is 5.31. The van der Waals surface area contributed by atoms with Crippen LogP contribution >= 0.6 is 0 Å². The van der Waals surface area contributed by atoms with Gasteiger partial charge in [0.25, 0.3) is 0 Å². The van der Waals surface area contributed by atoms with Crippen molar-refractivity contribution in [2.45, 2.75) is 32.8 Å². The number of hydrogen-bond acceptors (Lipinski definition) is 8. The van der Waals surface area contributed by atoms with Crippen molar-refractivity contribution in [3.63, 3.8) is 0 Å². The van der Waals surface area contributed by atoms with Crippen molar-refractivity contribution in [3.8, 4) is 11.5 Å². The van der Waals surface area contributed by atoms with Crippen LogP contribution in [0.4, 0.5) is 11.5 Å². The number of ether oxygens (including phenoxy) is 2. The van der Waals surface area contributed by atoms with Crippen LogP contribution in [-0.2, 0) is 16.0 Å². The number of benzene rings is 1. The summed E-state index contributed by atoms with van der Waals surface area (Å²) in [7, 11) is 0. The van der Waals surface area contributed by atoms with Crippen LogP contribution in [-0.4, -0.2) is 26.5 Å². The van der Waals surface area contributed by atoms with Gasteiger partial charge in [-0.25, -0.2) is 4.98 Å². The zero-order chi connectivity index (χ0) is 21.2. The fourth-order valence-corrected chi connectivity index (χ4v) is 2.81. The first-order chi connectivity index (χ1) is 13.7. The summed E-state index contributed by atoms with van der Waals surface area (Å²) < 4.78 is 11.2. The van der Waals surface area contributed by atoms with Gasteiger partial charge in [0, 0.05) is 23.8 Å². The molecule has 0 bridgehead atoms. The smallest absolute Gasteiger partial charge is 0.353 e. The lowest BCUT2D eigenvalue weighted by Crippen LogP contribution is -2.25. The van der Waals surface area contributed by atoms with Crippen molar-refractivity contribution >= 4 is 28.4 Å². The second-order valence-corrected chi connectivity index (χ2v) is 7.29. The SMILES string of the molecule is CC(C)(C)OC(=O)Cc1ccc(Oc2ccnc(N)c2[N+](=O)[O-])c2ncccc12. The van der Waals surface area contributed by atoms with Gasteiger partial charge >= 0.3 is 11.7 Å². The molecule has 3 aromatic rings. The third kappa shape index (κ3) is 4.57. The molecule has 1 aromatic carbocycles. The van der Waals surface area contributed by atoms with E-state index in [4.69, 9.17) is 15.2 Å². The van der Waals surface area contributed by atoms with E-state index in [-0.39, 0.29) is 24.0 Å². The number of nitrogen functional groups attached to an aromatic ring is 1. The Hall–Kier alpha value is -3.75. The molecular weight excluding hydrogens is 376 g/mol. The Bertz CT molecular complexity index is 1090. The van der Waals surface area contributed by atoms with Crippen LogP contribution in [0.2, 0.25) is 0 Å². The molecule has 29 heavy (non-hydrogen) atoms. The first-order valence-electron chi connectivity index (χ1n) is 8.81. The molecule has 2 aromatic heterocycles. The van der Waals surface area contributed by atoms with E-state index in [0.717, 1.165) is 0 Å². The van der Waals surface area contributed by atoms with Gasteiger partial charge < -0.3 is 15.2 Å². The Morgan fingerprint density at radius 3 is 2.59 bits per heavy atom. The van der Waals surface area contributed by atoms with Gasteiger partial charge in [0.1, 0.15) is 11.1 Å². The maximum Gasteiger partial charge on any atom is 0.353 e. The van der Waals surface area contributed by atoms with Crippen molar-refractivity contribution in [3.05, 3.63) is 58.4 Å². The van der Waals surface area contributed by atoms with Crippen LogP contribution in [0, 0.1) is 10.1 Å². The molecule has 150 valence electrons. The average Bonchev–Trinajstić information content (AvgIpc) is 2.62. The molecule has 0 saturated heterocycles. The molecule has 0 aliphatic heterocycles. The second-order valence-electron chi connectivity index (χ2n) is 7.29. The van der Waals surface area contributed by atoms with Gasteiger partial charge in [0.15, 0.2) is 5.75 Å². The van der Waals surface area contributed by atoms with Gasteiger partial charge in [-0.2, -0.15) is 0 Å². The monoisotopic (exact) mass is 396 g/mol. The van der Waals surface area contributed by atoms with Gasteiger partial charge in [-0.05, 0) is 38.5 Å². The highest BCUT2D eigenvalue weighted by Crippen LogP contribution is 2.37. The highest BCUT2D eigenvalue weighted by Gasteiger charge is 2.23. The van der Waals surface area contributed by atoms with Crippen LogP contribution in [0.15, 0.2) is 42.7 Å². The normalized spacial score (nSPS) is 11.3. The summed E-state index contributed by atoms with van der Waals surface area (Å²) in [6, 6.07) is 8.20. The Labute approximate surface area is 166 Å². The molecule has 0 radical (unpaired) electrons. The van der Waals surface area contributed by atoms with Gasteiger partial charge in [0.05, 0.1) is 11.3 Å². The summed E-state index contributed by atoms with van der Waals surface area (Å²) in [5, 5.41) is 12.0. The van der Waals surface area contributed by atoms with Gasteiger partial charge in [-0.1, -0.05) is 12.1 Å². The number of carbonyl (C=O) groups excluding carboxylic acids is 1. The van der Waals surface area contributed by atoms with Crippen molar-refractivity contribution < 1.29 is 19.2 Å². The Balaban J connectivity index is 2.00. The minimum Gasteiger partial charge on any atom is -0.460 e. The number of esters is 1. The van der Waals surface area contributed by atoms with E-state index in [1.54, 1.807) is 51.2 Å². The van der Waals surface area contributed by atoms with Gasteiger partial charge in [-0.15, -0.1) is 0 Å². The fraction of sp³-hybridized carbons (Fsp3) is 0.250. The number of anilines is 1. The predicted octanol–water partition coefficient (Wildman–Crippen LogP) is 3.80. The first kappa shape index (κ1) is 20.0. The predicted molar refractivity (Wildman–Crippen MR) is 107 cm³/mol. The highest BCUT2D eigenvalue weighted by atomic mass is 16.6. The quantitative estimate of drug-likeness (QED) is 0.391. The van der Waals surface area contributed by atoms with Crippen molar-refractivity contribution in [2.24, 2.45) is 0 Å². The van der Waals surface area contributed by atoms with Gasteiger partial charge in [0.2, 0.25) is 11.6 Å². The van der Waals surface area contributed by atoms with Crippen LogP contribution in [0.1, 0.15) is 26.3 Å². The topological polar surface area (TPSA) is 130 Å². The molecule has 2 N–H and O–H groups in total. The Morgan fingerprint density at radius 1 is 1.14 bits per heavy atom. The lowest BCUT2D eigenvalue weighted by Gasteiger charge is -2.20. The second kappa shape index (κ2) is 7.70. The van der Waals surface area contributed by atoms with Crippen molar-refractivity contribution in [1.82, 2.24) is 9.97 Å². The first-order valence-corrected chi connectivity index (χ1v) is 8.81. The minimum atomic E-state index is -0.649. The lowest BCUT2D eigenvalue weighted by molar-refractivity contribution is -0.384. The number of pyridine rings is 2. The molecule has 0 fully saturated rings. The molecule has 9 heteroatoms. The summed E-state index contributed by atoms with van der Waals surface area (Å²) >= 11 is 0. The van der Waals surface area contributed by atoms with Gasteiger partial charge in [-0.3, -0.25) is 19.9 Å². The summed E-state index contributed by atoms with van der Waals surface area (Å²) in [5.41, 5.74) is 5.77. The summed E-state index contributed by atoms with van der Waals surface area (Å²) in [6.07, 6.45) is 2.95. The molecule has 9 nitrogen and oxygen atoms in total. The third-order valence-electron chi connectivity index (χ3n) is 3.90. The number of rotatable bonds is 5. The summed E-state index contributed by atoms with van der Waals surface area (Å²) in [5.74, 6) is -0.364. The van der Waals surface area contributed by atoms with Crippen LogP contribution in [0.3, 0.4) is 0 Å². The van der Waals surface area contributed by atoms with E-state index in [1.807, 2.05) is 0 Å². The number of nitro groups is 1. The van der Waals surface area contributed by atoms with E-state index < -0.39 is 16.2 Å². The number of hydrogen-bond donors (Lipinski definition) is 1. The largest absolute Gasteiger partial charge is 0.460 e. The molecule has 2 heterocycles. The number of fused-ring (bicyclic) bond motifs is 1. The van der Waals surface area contributed by atoms with E-state index in [2.05, 4.69) is 9.97 Å². The third-order valence-corrected chi connectivity index (χ3v) is 3.90. The summed E-state index contributed by atoms with van der Waals surface area (Å²) in [6.45, 7) is 5.40. The van der Waals surface area contributed by atoms with Crippen LogP contribution < -0.4 is 10.5 Å². The maximum atomic E-state index is 12.2. The fourth-order valence-electron chi connectivity index (χ4n) is 2.81. The standard InChI is InChI=1S/C20H20N4O5/c1-20(2,3)29-16(25)11-12-6-7-14(17-13(12)5-4-9-22-17)28-15-8-10-23-19(21)18(15)24(26)27/h4-10H,11H2,1-3H3,(H2,21,23). The number of nitrogens with zero attached hydrogens (tertiary/aromatic N) is 3. The van der Waals surface area contributed by atoms with E-state index in [9.17, 15) is 14.9 Å². The minimum absolute atomic E-state index is 0.0469. The average molecular weight is 396 g/mol. The highest BCUT2D eigenvalue weighted by molar-refractivity contribution is 5.90. The molecule has 3 rings (SSSR count). The Morgan fingerprint density at radius 2 is 1.90 bits per heavy atom. The molecule has 0 aliphatic rings. The van der Waals surface area contributed by atoms with Crippen molar-refractivity contribution in [1.29, 1.82) is 0 Å². The van der Waals surface area contributed by atoms with E-state index in [0.29, 0.717) is 22.2 Å². The summed E-state index contributed by atoms with van der Waals surface area (Å²) in [4.78, 5) is 31.0. The zero-order valence-electron chi connectivity index (χ0n) is 16.2. The molecule has 0 atom stereocenters. The lowest BCUT2D eigenvalue weighted by atomic mass is 10.0. The zero-order valence-corrected chi connectivity index (χ0v) is 16.2. The van der Waals surface area contributed by atoms with Crippen molar-refractivity contribution in [2.75, 3.05) is 5.73 Å². The van der Waals surface area contributed by atoms with E-state index in [1.165, 1.54) is 12.3 Å². The molecule has 0 saturated carbocycles. The molecule has 0 aliphatic carbocycles. The van der Waals surface area contributed by atoms with Crippen LogP contribution in [0.25, 0.3) is 10.9 Å². The number of nitrogens with two attached hydrogens (primary N) is 1. The maximum absolute atomic E-state index is 12.2. The molecule has 0 spiro atoms. The van der Waals surface area contributed by atoms with Crippen LogP contribution in [0.5, 0.6) is 11.5 Å². The molecular formula is C20H20N4O5. The van der Waals surface area contributed by atoms with E-state index >= 15 is 0 Å². The number of carbonyl (C=O) groups is 1.